The summed E-state index contributed by atoms with van der Waals surface area (Å²) in [6.07, 6.45) is 3.29. The first-order chi connectivity index (χ1) is 19.0. The first kappa shape index (κ1) is 29.5. The molecule has 2 saturated heterocycles. The number of benzene rings is 1. The van der Waals surface area contributed by atoms with Crippen LogP contribution in [0.1, 0.15) is 53.0 Å². The molecule has 4 rings (SSSR count). The maximum atomic E-state index is 12.7. The number of piperidine rings is 1. The monoisotopic (exact) mass is 553 g/mol. The van der Waals surface area contributed by atoms with E-state index >= 15 is 0 Å². The Morgan fingerprint density at radius 3 is 2.45 bits per heavy atom. The molecule has 3 N–H and O–H groups in total. The lowest BCUT2D eigenvalue weighted by atomic mass is 9.90. The molecule has 2 fully saturated rings. The molecule has 11 nitrogen and oxygen atoms in total. The van der Waals surface area contributed by atoms with Crippen LogP contribution in [0.5, 0.6) is 0 Å². The van der Waals surface area contributed by atoms with Crippen LogP contribution in [-0.2, 0) is 11.3 Å². The van der Waals surface area contributed by atoms with Crippen molar-refractivity contribution in [3.8, 4) is 5.69 Å². The van der Waals surface area contributed by atoms with Gasteiger partial charge in [0.25, 0.3) is 0 Å². The highest BCUT2D eigenvalue weighted by Gasteiger charge is 2.27. The molecule has 1 unspecified atom stereocenters. The number of nitrogens with one attached hydrogen (secondary N) is 3. The van der Waals surface area contributed by atoms with Crippen molar-refractivity contribution >= 4 is 17.9 Å². The highest BCUT2D eigenvalue weighted by molar-refractivity contribution is 5.88. The van der Waals surface area contributed by atoms with Crippen LogP contribution in [0.4, 0.5) is 15.4 Å². The molecule has 218 valence electrons. The number of rotatable bonds is 6. The van der Waals surface area contributed by atoms with E-state index in [0.717, 1.165) is 50.3 Å². The number of piperazine rings is 1. The normalized spacial score (nSPS) is 19.6. The van der Waals surface area contributed by atoms with Crippen molar-refractivity contribution < 1.29 is 14.3 Å². The highest BCUT2D eigenvalue weighted by atomic mass is 16.6. The van der Waals surface area contributed by atoms with Gasteiger partial charge in [0.05, 0.1) is 5.69 Å². The van der Waals surface area contributed by atoms with Crippen molar-refractivity contribution in [2.24, 2.45) is 5.92 Å². The fourth-order valence-electron chi connectivity index (χ4n) is 5.22. The summed E-state index contributed by atoms with van der Waals surface area (Å²) in [5.74, 6) is 0.659. The van der Waals surface area contributed by atoms with Crippen molar-refractivity contribution in [3.05, 3.63) is 52.6 Å². The molecule has 0 radical (unpaired) electrons. The molecule has 2 aliphatic heterocycles. The molecule has 3 amide bonds. The average molecular weight is 554 g/mol. The molecule has 1 aromatic carbocycles. The topological polar surface area (TPSA) is 121 Å². The van der Waals surface area contributed by atoms with Crippen molar-refractivity contribution in [1.29, 1.82) is 0 Å². The zero-order valence-corrected chi connectivity index (χ0v) is 24.3. The van der Waals surface area contributed by atoms with E-state index < -0.39 is 11.3 Å². The second kappa shape index (κ2) is 12.8. The van der Waals surface area contributed by atoms with E-state index in [1.807, 2.05) is 58.9 Å². The lowest BCUT2D eigenvalue weighted by molar-refractivity contribution is 0.0472. The molecule has 0 bridgehead atoms. The van der Waals surface area contributed by atoms with Crippen LogP contribution in [0, 0.1) is 5.92 Å². The van der Waals surface area contributed by atoms with E-state index in [1.54, 1.807) is 17.2 Å². The summed E-state index contributed by atoms with van der Waals surface area (Å²) in [5, 5.41) is 9.02. The Kier molecular flexibility index (Phi) is 9.47. The summed E-state index contributed by atoms with van der Waals surface area (Å²) in [5.41, 5.74) is 0.932. The second-order valence-corrected chi connectivity index (χ2v) is 11.9. The summed E-state index contributed by atoms with van der Waals surface area (Å²) >= 11 is 0. The molecule has 0 spiro atoms. The largest absolute Gasteiger partial charge is 0.444 e. The lowest BCUT2D eigenvalue weighted by Gasteiger charge is -2.35. The number of amides is 3. The number of aromatic nitrogens is 2. The Hall–Kier alpha value is -3.44. The Morgan fingerprint density at radius 2 is 1.82 bits per heavy atom. The SMILES string of the molecule is CC(NC(=O)OC(C)(C)C)C1CCN(Cc2ccc(-n3ccc(NC(=O)N4CCN[C@H](C)C4)nc3=O)cc2)CC1. The number of hydrogen-bond acceptors (Lipinski definition) is 7. The first-order valence-electron chi connectivity index (χ1n) is 14.2. The van der Waals surface area contributed by atoms with Gasteiger partial charge in [-0.2, -0.15) is 4.98 Å². The van der Waals surface area contributed by atoms with Gasteiger partial charge in [-0.25, -0.2) is 14.4 Å². The van der Waals surface area contributed by atoms with Gasteiger partial charge in [-0.3, -0.25) is 14.8 Å². The minimum absolute atomic E-state index is 0.0636. The Labute approximate surface area is 236 Å². The molecule has 3 heterocycles. The summed E-state index contributed by atoms with van der Waals surface area (Å²) in [4.78, 5) is 45.5. The van der Waals surface area contributed by atoms with E-state index in [4.69, 9.17) is 4.74 Å². The van der Waals surface area contributed by atoms with Gasteiger partial charge in [0.15, 0.2) is 0 Å². The zero-order valence-electron chi connectivity index (χ0n) is 24.3. The fraction of sp³-hybridized carbons (Fsp3) is 0.586. The van der Waals surface area contributed by atoms with E-state index in [2.05, 4.69) is 25.8 Å². The van der Waals surface area contributed by atoms with E-state index in [1.165, 1.54) is 4.57 Å². The van der Waals surface area contributed by atoms with Gasteiger partial charge in [-0.1, -0.05) is 12.1 Å². The van der Waals surface area contributed by atoms with Gasteiger partial charge >= 0.3 is 17.8 Å². The molecule has 2 aromatic rings. The molecule has 2 aliphatic rings. The highest BCUT2D eigenvalue weighted by Crippen LogP contribution is 2.23. The summed E-state index contributed by atoms with van der Waals surface area (Å²) < 4.78 is 6.86. The Balaban J connectivity index is 1.26. The number of urea groups is 1. The average Bonchev–Trinajstić information content (AvgIpc) is 2.88. The molecule has 0 aliphatic carbocycles. The first-order valence-corrected chi connectivity index (χ1v) is 14.2. The van der Waals surface area contributed by atoms with Crippen LogP contribution in [0.15, 0.2) is 41.3 Å². The smallest absolute Gasteiger partial charge is 0.407 e. The van der Waals surface area contributed by atoms with Crippen LogP contribution in [0.25, 0.3) is 5.69 Å². The van der Waals surface area contributed by atoms with Gasteiger partial charge in [0, 0.05) is 44.5 Å². The third-order valence-electron chi connectivity index (χ3n) is 7.40. The molecule has 0 saturated carbocycles. The standard InChI is InChI=1S/C29H43N7O4/c1-20-18-35(17-13-30-20)26(37)32-25-12-16-36(27(38)33-25)24-8-6-22(7-9-24)19-34-14-10-23(11-15-34)21(2)31-28(39)40-29(3,4)5/h6-9,12,16,20-21,23,30H,10-11,13-15,17-19H2,1-5H3,(H,31,39)(H,32,33,37,38)/t20-,21?/m1/s1. The van der Waals surface area contributed by atoms with Crippen LogP contribution in [0.2, 0.25) is 0 Å². The van der Waals surface area contributed by atoms with Gasteiger partial charge in [-0.05, 0) is 90.2 Å². The Bertz CT molecular complexity index is 1220. The number of carbonyl (C=O) groups excluding carboxylic acids is 2. The molecule has 2 atom stereocenters. The lowest BCUT2D eigenvalue weighted by Crippen LogP contribution is -2.52. The summed E-state index contributed by atoms with van der Waals surface area (Å²) in [6.45, 7) is 14.4. The number of nitrogens with zero attached hydrogens (tertiary/aromatic N) is 4. The molecule has 40 heavy (non-hydrogen) atoms. The quantitative estimate of drug-likeness (QED) is 0.502. The van der Waals surface area contributed by atoms with Crippen LogP contribution in [0.3, 0.4) is 0 Å². The van der Waals surface area contributed by atoms with Gasteiger partial charge in [0.2, 0.25) is 0 Å². The van der Waals surface area contributed by atoms with E-state index in [9.17, 15) is 14.4 Å². The van der Waals surface area contributed by atoms with Crippen LogP contribution < -0.4 is 21.6 Å². The second-order valence-electron chi connectivity index (χ2n) is 11.9. The number of carbonyl (C=O) groups is 2. The number of hydrogen-bond donors (Lipinski definition) is 3. The number of anilines is 1. The third kappa shape index (κ3) is 8.28. The minimum Gasteiger partial charge on any atom is -0.444 e. The van der Waals surface area contributed by atoms with Crippen molar-refractivity contribution in [1.82, 2.24) is 30.0 Å². The maximum absolute atomic E-state index is 12.7. The Morgan fingerprint density at radius 1 is 1.12 bits per heavy atom. The third-order valence-corrected chi connectivity index (χ3v) is 7.40. The number of alkyl carbamates (subject to hydrolysis) is 1. The molecule has 11 heteroatoms. The number of ether oxygens (including phenoxy) is 1. The van der Waals surface area contributed by atoms with Gasteiger partial charge in [0.1, 0.15) is 11.4 Å². The molecule has 1 aromatic heterocycles. The number of likely N-dealkylation sites (tertiary alicyclic amines) is 1. The van der Waals surface area contributed by atoms with Gasteiger partial charge in [-0.15, -0.1) is 0 Å². The fourth-order valence-corrected chi connectivity index (χ4v) is 5.22. The summed E-state index contributed by atoms with van der Waals surface area (Å²) in [7, 11) is 0. The van der Waals surface area contributed by atoms with E-state index in [0.29, 0.717) is 19.0 Å². The zero-order chi connectivity index (χ0) is 28.9. The van der Waals surface area contributed by atoms with Gasteiger partial charge < -0.3 is 20.3 Å². The molecular formula is C29H43N7O4. The predicted molar refractivity (Wildman–Crippen MR) is 155 cm³/mol. The van der Waals surface area contributed by atoms with Crippen molar-refractivity contribution in [3.63, 3.8) is 0 Å². The van der Waals surface area contributed by atoms with Crippen LogP contribution >= 0.6 is 0 Å². The van der Waals surface area contributed by atoms with Crippen LogP contribution in [-0.4, -0.2) is 81.9 Å². The summed E-state index contributed by atoms with van der Waals surface area (Å²) in [6, 6.07) is 9.57. The molecular weight excluding hydrogens is 510 g/mol. The van der Waals surface area contributed by atoms with Crippen molar-refractivity contribution in [2.75, 3.05) is 38.0 Å². The maximum Gasteiger partial charge on any atom is 0.407 e. The minimum atomic E-state index is -0.502. The van der Waals surface area contributed by atoms with E-state index in [-0.39, 0.29) is 30.0 Å². The predicted octanol–water partition coefficient (Wildman–Crippen LogP) is 3.18. The van der Waals surface area contributed by atoms with Crippen molar-refractivity contribution in [2.45, 2.75) is 71.7 Å².